The molecular weight excluding hydrogens is 268 g/mol. The third-order valence-electron chi connectivity index (χ3n) is 3.62. The van der Waals surface area contributed by atoms with Gasteiger partial charge in [0, 0.05) is 31.5 Å². The SMILES string of the molecule is O=C(N[C@@H]1CCCN(Cc2cccnc2)C1)c1cn[nH]n1. The van der Waals surface area contributed by atoms with Crippen LogP contribution >= 0.6 is 0 Å². The van der Waals surface area contributed by atoms with Crippen molar-refractivity contribution in [3.63, 3.8) is 0 Å². The number of aromatic amines is 1. The Hall–Kier alpha value is -2.28. The molecule has 110 valence electrons. The lowest BCUT2D eigenvalue weighted by molar-refractivity contribution is 0.0895. The molecule has 0 radical (unpaired) electrons. The number of pyridine rings is 1. The second-order valence-electron chi connectivity index (χ2n) is 5.26. The molecule has 21 heavy (non-hydrogen) atoms. The minimum atomic E-state index is -0.169. The van der Waals surface area contributed by atoms with Crippen LogP contribution < -0.4 is 5.32 Å². The molecule has 1 aliphatic heterocycles. The van der Waals surface area contributed by atoms with Gasteiger partial charge in [-0.1, -0.05) is 6.07 Å². The number of carbonyl (C=O) groups is 1. The first kappa shape index (κ1) is 13.7. The number of piperidine rings is 1. The highest BCUT2D eigenvalue weighted by Gasteiger charge is 2.22. The summed E-state index contributed by atoms with van der Waals surface area (Å²) >= 11 is 0. The van der Waals surface area contributed by atoms with Crippen molar-refractivity contribution in [2.24, 2.45) is 0 Å². The van der Waals surface area contributed by atoms with Crippen LogP contribution in [0.25, 0.3) is 0 Å². The Labute approximate surface area is 122 Å². The molecule has 1 fully saturated rings. The van der Waals surface area contributed by atoms with Gasteiger partial charge in [0.2, 0.25) is 0 Å². The van der Waals surface area contributed by atoms with Crippen LogP contribution in [0.2, 0.25) is 0 Å². The number of likely N-dealkylation sites (tertiary alicyclic amines) is 1. The molecule has 2 aromatic heterocycles. The highest BCUT2D eigenvalue weighted by atomic mass is 16.2. The lowest BCUT2D eigenvalue weighted by Crippen LogP contribution is -2.47. The van der Waals surface area contributed by atoms with Crippen molar-refractivity contribution in [1.82, 2.24) is 30.6 Å². The average Bonchev–Trinajstić information content (AvgIpc) is 3.03. The third-order valence-corrected chi connectivity index (χ3v) is 3.62. The third kappa shape index (κ3) is 3.63. The van der Waals surface area contributed by atoms with E-state index in [9.17, 15) is 4.79 Å². The zero-order valence-corrected chi connectivity index (χ0v) is 11.7. The molecule has 1 saturated heterocycles. The van der Waals surface area contributed by atoms with Crippen molar-refractivity contribution < 1.29 is 4.79 Å². The number of carbonyl (C=O) groups excluding carboxylic acids is 1. The first-order valence-corrected chi connectivity index (χ1v) is 7.09. The second-order valence-corrected chi connectivity index (χ2v) is 5.26. The van der Waals surface area contributed by atoms with E-state index in [1.54, 1.807) is 6.20 Å². The van der Waals surface area contributed by atoms with E-state index in [0.717, 1.165) is 32.5 Å². The largest absolute Gasteiger partial charge is 0.347 e. The van der Waals surface area contributed by atoms with E-state index in [1.807, 2.05) is 12.3 Å². The summed E-state index contributed by atoms with van der Waals surface area (Å²) in [4.78, 5) is 18.5. The summed E-state index contributed by atoms with van der Waals surface area (Å²) in [7, 11) is 0. The molecule has 0 saturated carbocycles. The van der Waals surface area contributed by atoms with Crippen molar-refractivity contribution >= 4 is 5.91 Å². The zero-order valence-electron chi connectivity index (χ0n) is 11.7. The number of aromatic nitrogens is 4. The molecule has 3 rings (SSSR count). The van der Waals surface area contributed by atoms with Crippen molar-refractivity contribution in [2.75, 3.05) is 13.1 Å². The fourth-order valence-corrected chi connectivity index (χ4v) is 2.64. The molecule has 2 N–H and O–H groups in total. The van der Waals surface area contributed by atoms with Crippen molar-refractivity contribution in [3.8, 4) is 0 Å². The van der Waals surface area contributed by atoms with Gasteiger partial charge in [-0.3, -0.25) is 14.7 Å². The van der Waals surface area contributed by atoms with Crippen molar-refractivity contribution in [3.05, 3.63) is 42.0 Å². The van der Waals surface area contributed by atoms with E-state index in [2.05, 4.69) is 36.7 Å². The van der Waals surface area contributed by atoms with Crippen LogP contribution in [0.3, 0.4) is 0 Å². The Balaban J connectivity index is 1.55. The number of nitrogens with zero attached hydrogens (tertiary/aromatic N) is 4. The molecule has 0 aliphatic carbocycles. The summed E-state index contributed by atoms with van der Waals surface area (Å²) in [5.41, 5.74) is 1.53. The van der Waals surface area contributed by atoms with Gasteiger partial charge in [-0.15, -0.1) is 0 Å². The topological polar surface area (TPSA) is 86.8 Å². The quantitative estimate of drug-likeness (QED) is 0.859. The normalized spacial score (nSPS) is 19.3. The van der Waals surface area contributed by atoms with Crippen LogP contribution in [0.5, 0.6) is 0 Å². The van der Waals surface area contributed by atoms with Crippen molar-refractivity contribution in [2.45, 2.75) is 25.4 Å². The number of hydrogen-bond acceptors (Lipinski definition) is 5. The maximum absolute atomic E-state index is 12.0. The Morgan fingerprint density at radius 3 is 3.19 bits per heavy atom. The first-order chi connectivity index (χ1) is 10.3. The van der Waals surface area contributed by atoms with E-state index in [-0.39, 0.29) is 11.9 Å². The smallest absolute Gasteiger partial charge is 0.273 e. The standard InChI is InChI=1S/C14H18N6O/c21-14(13-8-16-19-18-13)17-12-4-2-6-20(10-12)9-11-3-1-5-15-7-11/h1,3,5,7-8,12H,2,4,6,9-10H2,(H,17,21)(H,16,18,19)/t12-/m1/s1. The molecule has 1 atom stereocenters. The van der Waals surface area contributed by atoms with E-state index in [0.29, 0.717) is 5.69 Å². The Kier molecular flexibility index (Phi) is 4.20. The zero-order chi connectivity index (χ0) is 14.5. The van der Waals surface area contributed by atoms with Gasteiger partial charge in [-0.2, -0.15) is 15.4 Å². The number of rotatable bonds is 4. The summed E-state index contributed by atoms with van der Waals surface area (Å²) in [6.45, 7) is 2.76. The monoisotopic (exact) mass is 286 g/mol. The first-order valence-electron chi connectivity index (χ1n) is 7.09. The molecule has 1 amide bonds. The highest BCUT2D eigenvalue weighted by Crippen LogP contribution is 2.13. The number of H-pyrrole nitrogens is 1. The fourth-order valence-electron chi connectivity index (χ4n) is 2.64. The minimum Gasteiger partial charge on any atom is -0.347 e. The number of amides is 1. The van der Waals surface area contributed by atoms with Crippen LogP contribution in [-0.2, 0) is 6.54 Å². The lowest BCUT2D eigenvalue weighted by atomic mass is 10.0. The van der Waals surface area contributed by atoms with Gasteiger partial charge in [0.15, 0.2) is 5.69 Å². The van der Waals surface area contributed by atoms with E-state index < -0.39 is 0 Å². The van der Waals surface area contributed by atoms with Gasteiger partial charge in [0.25, 0.3) is 5.91 Å². The predicted octanol–water partition coefficient (Wildman–Crippen LogP) is 0.594. The van der Waals surface area contributed by atoms with Gasteiger partial charge in [-0.25, -0.2) is 0 Å². The van der Waals surface area contributed by atoms with Crippen LogP contribution in [0.15, 0.2) is 30.7 Å². The Morgan fingerprint density at radius 2 is 2.43 bits per heavy atom. The fraction of sp³-hybridized carbons (Fsp3) is 0.429. The van der Waals surface area contributed by atoms with Gasteiger partial charge in [-0.05, 0) is 31.0 Å². The molecule has 2 aromatic rings. The molecule has 0 aromatic carbocycles. The van der Waals surface area contributed by atoms with Crippen LogP contribution in [0, 0.1) is 0 Å². The van der Waals surface area contributed by atoms with Gasteiger partial charge in [0.05, 0.1) is 6.20 Å². The Bertz CT molecular complexity index is 570. The van der Waals surface area contributed by atoms with E-state index in [4.69, 9.17) is 0 Å². The minimum absolute atomic E-state index is 0.152. The lowest BCUT2D eigenvalue weighted by Gasteiger charge is -2.32. The molecule has 7 heteroatoms. The van der Waals surface area contributed by atoms with Gasteiger partial charge >= 0.3 is 0 Å². The second kappa shape index (κ2) is 6.45. The summed E-state index contributed by atoms with van der Waals surface area (Å²) in [5.74, 6) is -0.169. The molecule has 0 spiro atoms. The summed E-state index contributed by atoms with van der Waals surface area (Å²) in [6, 6.07) is 4.17. The number of hydrogen-bond donors (Lipinski definition) is 2. The van der Waals surface area contributed by atoms with Crippen molar-refractivity contribution in [1.29, 1.82) is 0 Å². The van der Waals surface area contributed by atoms with Crippen LogP contribution in [0.1, 0.15) is 28.9 Å². The molecule has 3 heterocycles. The molecule has 0 unspecified atom stereocenters. The summed E-state index contributed by atoms with van der Waals surface area (Å²) in [6.07, 6.45) is 7.17. The maximum Gasteiger partial charge on any atom is 0.273 e. The molecule has 7 nitrogen and oxygen atoms in total. The maximum atomic E-state index is 12.0. The van der Waals surface area contributed by atoms with Crippen LogP contribution in [0.4, 0.5) is 0 Å². The molecule has 0 bridgehead atoms. The van der Waals surface area contributed by atoms with Crippen LogP contribution in [-0.4, -0.2) is 50.3 Å². The Morgan fingerprint density at radius 1 is 1.48 bits per heavy atom. The van der Waals surface area contributed by atoms with E-state index >= 15 is 0 Å². The summed E-state index contributed by atoms with van der Waals surface area (Å²) < 4.78 is 0. The summed E-state index contributed by atoms with van der Waals surface area (Å²) in [5, 5.41) is 12.9. The van der Waals surface area contributed by atoms with E-state index in [1.165, 1.54) is 11.8 Å². The van der Waals surface area contributed by atoms with Gasteiger partial charge < -0.3 is 5.32 Å². The molecular formula is C14H18N6O. The van der Waals surface area contributed by atoms with Gasteiger partial charge in [0.1, 0.15) is 0 Å². The average molecular weight is 286 g/mol. The predicted molar refractivity (Wildman–Crippen MR) is 76.4 cm³/mol. The molecule has 1 aliphatic rings. The number of nitrogens with one attached hydrogen (secondary N) is 2. The highest BCUT2D eigenvalue weighted by molar-refractivity contribution is 5.92.